The van der Waals surface area contributed by atoms with Crippen molar-refractivity contribution in [3.05, 3.63) is 11.6 Å². The maximum absolute atomic E-state index is 11.3. The van der Waals surface area contributed by atoms with Gasteiger partial charge in [0.25, 0.3) is 0 Å². The molecule has 3 heteroatoms. The lowest BCUT2D eigenvalue weighted by molar-refractivity contribution is -0.138. The zero-order chi connectivity index (χ0) is 11.1. The third-order valence-electron chi connectivity index (χ3n) is 2.08. The molecule has 0 fully saturated rings. The number of hydrogen-bond acceptors (Lipinski definition) is 3. The van der Waals surface area contributed by atoms with E-state index in [2.05, 4.69) is 19.2 Å². The summed E-state index contributed by atoms with van der Waals surface area (Å²) in [4.78, 5) is 11.3. The maximum atomic E-state index is 11.3. The normalized spacial score (nSPS) is 14.3. The molecule has 0 rings (SSSR count). The van der Waals surface area contributed by atoms with E-state index in [-0.39, 0.29) is 12.0 Å². The highest BCUT2D eigenvalue weighted by molar-refractivity contribution is 5.87. The summed E-state index contributed by atoms with van der Waals surface area (Å²) in [6.45, 7) is 8.23. The highest BCUT2D eigenvalue weighted by Crippen LogP contribution is 2.06. The van der Waals surface area contributed by atoms with Gasteiger partial charge in [-0.25, -0.2) is 4.79 Å². The molecule has 14 heavy (non-hydrogen) atoms. The van der Waals surface area contributed by atoms with Crippen LogP contribution in [0.25, 0.3) is 0 Å². The monoisotopic (exact) mass is 199 g/mol. The summed E-state index contributed by atoms with van der Waals surface area (Å²) < 4.78 is 4.89. The SMILES string of the molecule is CCOC(=O)/C(C)=C/[C@@H](NC)C(C)C. The van der Waals surface area contributed by atoms with Crippen molar-refractivity contribution in [3.63, 3.8) is 0 Å². The first-order chi connectivity index (χ1) is 6.52. The van der Waals surface area contributed by atoms with Crippen molar-refractivity contribution in [1.29, 1.82) is 0 Å². The molecular formula is C11H21NO2. The topological polar surface area (TPSA) is 38.3 Å². The Bertz CT molecular complexity index is 209. The lowest BCUT2D eigenvalue weighted by Gasteiger charge is -2.16. The number of rotatable bonds is 5. The van der Waals surface area contributed by atoms with Gasteiger partial charge in [0.1, 0.15) is 0 Å². The molecule has 0 aliphatic carbocycles. The first kappa shape index (κ1) is 13.2. The molecular weight excluding hydrogens is 178 g/mol. The molecule has 0 heterocycles. The molecule has 0 radical (unpaired) electrons. The van der Waals surface area contributed by atoms with E-state index in [4.69, 9.17) is 4.74 Å². The van der Waals surface area contributed by atoms with Crippen molar-refractivity contribution in [2.24, 2.45) is 5.92 Å². The molecule has 0 saturated heterocycles. The zero-order valence-corrected chi connectivity index (χ0v) is 9.76. The molecule has 0 unspecified atom stereocenters. The standard InChI is InChI=1S/C11H21NO2/c1-6-14-11(13)9(4)7-10(12-5)8(2)3/h7-8,10,12H,6H2,1-5H3/b9-7+/t10-/m1/s1. The Morgan fingerprint density at radius 1 is 1.50 bits per heavy atom. The van der Waals surface area contributed by atoms with E-state index in [1.807, 2.05) is 20.0 Å². The van der Waals surface area contributed by atoms with E-state index in [1.165, 1.54) is 0 Å². The minimum atomic E-state index is -0.228. The van der Waals surface area contributed by atoms with Crippen LogP contribution in [0, 0.1) is 5.92 Å². The number of esters is 1. The van der Waals surface area contributed by atoms with Crippen LogP contribution in [0.5, 0.6) is 0 Å². The number of carbonyl (C=O) groups excluding carboxylic acids is 1. The second kappa shape index (κ2) is 6.60. The maximum Gasteiger partial charge on any atom is 0.333 e. The van der Waals surface area contributed by atoms with Crippen molar-refractivity contribution in [3.8, 4) is 0 Å². The molecule has 0 saturated carbocycles. The van der Waals surface area contributed by atoms with Gasteiger partial charge in [0.15, 0.2) is 0 Å². The Labute approximate surface area is 86.5 Å². The third kappa shape index (κ3) is 4.42. The van der Waals surface area contributed by atoms with Crippen LogP contribution in [0.15, 0.2) is 11.6 Å². The second-order valence-corrected chi connectivity index (χ2v) is 3.63. The van der Waals surface area contributed by atoms with Gasteiger partial charge in [0, 0.05) is 11.6 Å². The number of likely N-dealkylation sites (N-methyl/N-ethyl adjacent to an activating group) is 1. The summed E-state index contributed by atoms with van der Waals surface area (Å²) in [7, 11) is 1.89. The quantitative estimate of drug-likeness (QED) is 0.541. The molecule has 82 valence electrons. The predicted molar refractivity (Wildman–Crippen MR) is 58.1 cm³/mol. The highest BCUT2D eigenvalue weighted by Gasteiger charge is 2.11. The van der Waals surface area contributed by atoms with Crippen molar-refractivity contribution in [2.75, 3.05) is 13.7 Å². The summed E-state index contributed by atoms with van der Waals surface area (Å²) in [6, 6.07) is 0.222. The molecule has 1 N–H and O–H groups in total. The van der Waals surface area contributed by atoms with Gasteiger partial charge < -0.3 is 10.1 Å². The molecule has 0 amide bonds. The Hall–Kier alpha value is -0.830. The number of hydrogen-bond donors (Lipinski definition) is 1. The van der Waals surface area contributed by atoms with Crippen LogP contribution in [0.2, 0.25) is 0 Å². The lowest BCUT2D eigenvalue weighted by Crippen LogP contribution is -2.29. The van der Waals surface area contributed by atoms with E-state index in [1.54, 1.807) is 6.92 Å². The molecule has 0 aromatic rings. The van der Waals surface area contributed by atoms with Gasteiger partial charge in [-0.3, -0.25) is 0 Å². The van der Waals surface area contributed by atoms with E-state index in [0.717, 1.165) is 0 Å². The van der Waals surface area contributed by atoms with Gasteiger partial charge in [-0.15, -0.1) is 0 Å². The summed E-state index contributed by atoms with van der Waals surface area (Å²) in [5.41, 5.74) is 0.667. The van der Waals surface area contributed by atoms with Crippen LogP contribution in [0.1, 0.15) is 27.7 Å². The summed E-state index contributed by atoms with van der Waals surface area (Å²) >= 11 is 0. The molecule has 0 bridgehead atoms. The van der Waals surface area contributed by atoms with Crippen LogP contribution in [0.3, 0.4) is 0 Å². The molecule has 0 spiro atoms. The van der Waals surface area contributed by atoms with Gasteiger partial charge >= 0.3 is 5.97 Å². The van der Waals surface area contributed by atoms with Crippen LogP contribution in [-0.4, -0.2) is 25.7 Å². The fourth-order valence-electron chi connectivity index (χ4n) is 1.19. The van der Waals surface area contributed by atoms with Gasteiger partial charge in [-0.05, 0) is 26.8 Å². The Morgan fingerprint density at radius 2 is 2.07 bits per heavy atom. The van der Waals surface area contributed by atoms with Crippen LogP contribution >= 0.6 is 0 Å². The molecule has 0 aromatic heterocycles. The largest absolute Gasteiger partial charge is 0.463 e. The molecule has 1 atom stereocenters. The number of ether oxygens (including phenoxy) is 1. The van der Waals surface area contributed by atoms with Crippen molar-refractivity contribution >= 4 is 5.97 Å². The van der Waals surface area contributed by atoms with Gasteiger partial charge in [-0.2, -0.15) is 0 Å². The molecule has 0 aliphatic rings. The zero-order valence-electron chi connectivity index (χ0n) is 9.76. The van der Waals surface area contributed by atoms with Gasteiger partial charge in [0.05, 0.1) is 6.61 Å². The Balaban J connectivity index is 4.39. The van der Waals surface area contributed by atoms with E-state index in [9.17, 15) is 4.79 Å². The average molecular weight is 199 g/mol. The predicted octanol–water partition coefficient (Wildman–Crippen LogP) is 1.74. The summed E-state index contributed by atoms with van der Waals surface area (Å²) in [5.74, 6) is 0.234. The lowest BCUT2D eigenvalue weighted by atomic mass is 10.0. The van der Waals surface area contributed by atoms with E-state index >= 15 is 0 Å². The fraction of sp³-hybridized carbons (Fsp3) is 0.727. The summed E-state index contributed by atoms with van der Waals surface area (Å²) in [6.07, 6.45) is 1.92. The Morgan fingerprint density at radius 3 is 2.43 bits per heavy atom. The first-order valence-electron chi connectivity index (χ1n) is 5.05. The second-order valence-electron chi connectivity index (χ2n) is 3.63. The van der Waals surface area contributed by atoms with Crippen molar-refractivity contribution < 1.29 is 9.53 Å². The van der Waals surface area contributed by atoms with E-state index in [0.29, 0.717) is 18.1 Å². The van der Waals surface area contributed by atoms with Gasteiger partial charge in [0.2, 0.25) is 0 Å². The average Bonchev–Trinajstić information content (AvgIpc) is 2.13. The fourth-order valence-corrected chi connectivity index (χ4v) is 1.19. The third-order valence-corrected chi connectivity index (χ3v) is 2.08. The Kier molecular flexibility index (Phi) is 6.21. The van der Waals surface area contributed by atoms with Crippen molar-refractivity contribution in [2.45, 2.75) is 33.7 Å². The van der Waals surface area contributed by atoms with Crippen molar-refractivity contribution in [1.82, 2.24) is 5.32 Å². The first-order valence-corrected chi connectivity index (χ1v) is 5.05. The number of carbonyl (C=O) groups is 1. The van der Waals surface area contributed by atoms with Crippen LogP contribution < -0.4 is 5.32 Å². The van der Waals surface area contributed by atoms with Gasteiger partial charge in [-0.1, -0.05) is 19.9 Å². The smallest absolute Gasteiger partial charge is 0.333 e. The van der Waals surface area contributed by atoms with Crippen LogP contribution in [0.4, 0.5) is 0 Å². The molecule has 0 aliphatic heterocycles. The minimum Gasteiger partial charge on any atom is -0.463 e. The highest BCUT2D eigenvalue weighted by atomic mass is 16.5. The van der Waals surface area contributed by atoms with Crippen LogP contribution in [-0.2, 0) is 9.53 Å². The number of nitrogens with one attached hydrogen (secondary N) is 1. The molecule has 3 nitrogen and oxygen atoms in total. The minimum absolute atomic E-state index is 0.222. The van der Waals surface area contributed by atoms with E-state index < -0.39 is 0 Å². The summed E-state index contributed by atoms with van der Waals surface area (Å²) in [5, 5.41) is 3.15. The molecule has 0 aromatic carbocycles.